The number of nitrogens with zero attached hydrogens (tertiary/aromatic N) is 2. The van der Waals surface area contributed by atoms with Gasteiger partial charge < -0.3 is 15.0 Å². The molecule has 2 amide bonds. The van der Waals surface area contributed by atoms with Gasteiger partial charge in [-0.2, -0.15) is 0 Å². The first-order chi connectivity index (χ1) is 11.3. The Labute approximate surface area is 136 Å². The van der Waals surface area contributed by atoms with Gasteiger partial charge in [-0.05, 0) is 5.56 Å². The predicted molar refractivity (Wildman–Crippen MR) is 85.3 cm³/mol. The van der Waals surface area contributed by atoms with Crippen LogP contribution in [0.2, 0.25) is 0 Å². The summed E-state index contributed by atoms with van der Waals surface area (Å²) >= 11 is 0. The van der Waals surface area contributed by atoms with Gasteiger partial charge in [0.2, 0.25) is 12.3 Å². The summed E-state index contributed by atoms with van der Waals surface area (Å²) in [6, 6.07) is 10.0. The highest BCUT2D eigenvalue weighted by Gasteiger charge is 2.37. The molecule has 1 aromatic carbocycles. The molecule has 2 aliphatic rings. The fraction of sp³-hybridized carbons (Fsp3) is 0.529. The molecular formula is C17H23N3O3. The minimum absolute atomic E-state index is 0.0962. The van der Waals surface area contributed by atoms with Gasteiger partial charge in [0, 0.05) is 38.5 Å². The van der Waals surface area contributed by atoms with Gasteiger partial charge in [0.1, 0.15) is 0 Å². The Bertz CT molecular complexity index is 531. The highest BCUT2D eigenvalue weighted by Crippen LogP contribution is 2.25. The third-order valence-electron chi connectivity index (χ3n) is 4.59. The van der Waals surface area contributed by atoms with Crippen molar-refractivity contribution in [2.75, 3.05) is 32.8 Å². The third-order valence-corrected chi connectivity index (χ3v) is 4.59. The van der Waals surface area contributed by atoms with Crippen molar-refractivity contribution in [2.24, 2.45) is 5.92 Å². The molecule has 6 nitrogen and oxygen atoms in total. The minimum Gasteiger partial charge on any atom is -0.379 e. The Morgan fingerprint density at radius 1 is 1.26 bits per heavy atom. The van der Waals surface area contributed by atoms with Gasteiger partial charge in [-0.25, -0.2) is 0 Å². The topological polar surface area (TPSA) is 61.9 Å². The third kappa shape index (κ3) is 3.89. The Kier molecular flexibility index (Phi) is 5.25. The van der Waals surface area contributed by atoms with Crippen LogP contribution in [0.3, 0.4) is 0 Å². The van der Waals surface area contributed by atoms with Gasteiger partial charge >= 0.3 is 0 Å². The smallest absolute Gasteiger partial charge is 0.223 e. The molecule has 23 heavy (non-hydrogen) atoms. The van der Waals surface area contributed by atoms with Crippen molar-refractivity contribution in [1.29, 1.82) is 0 Å². The molecule has 2 unspecified atom stereocenters. The second-order valence-electron chi connectivity index (χ2n) is 6.10. The van der Waals surface area contributed by atoms with E-state index in [0.29, 0.717) is 32.7 Å². The molecule has 1 N–H and O–H groups in total. The first-order valence-corrected chi connectivity index (χ1v) is 8.11. The molecule has 3 rings (SSSR count). The summed E-state index contributed by atoms with van der Waals surface area (Å²) in [5, 5.41) is 2.91. The average molecular weight is 317 g/mol. The summed E-state index contributed by atoms with van der Waals surface area (Å²) in [4.78, 5) is 27.4. The number of nitrogens with one attached hydrogen (secondary N) is 1. The van der Waals surface area contributed by atoms with Crippen LogP contribution in [0.15, 0.2) is 30.3 Å². The van der Waals surface area contributed by atoms with Gasteiger partial charge in [-0.1, -0.05) is 30.3 Å². The Balaban J connectivity index is 1.65. The number of morpholine rings is 1. The van der Waals surface area contributed by atoms with Crippen molar-refractivity contribution in [2.45, 2.75) is 19.1 Å². The molecule has 0 aliphatic carbocycles. The SMILES string of the molecule is O=CNC(C1CC(=O)N(Cc2ccccc2)C1)N1CCOCC1. The van der Waals surface area contributed by atoms with E-state index in [4.69, 9.17) is 4.74 Å². The van der Waals surface area contributed by atoms with Crippen molar-refractivity contribution in [3.8, 4) is 0 Å². The number of benzene rings is 1. The number of hydrogen-bond acceptors (Lipinski definition) is 4. The zero-order valence-corrected chi connectivity index (χ0v) is 13.2. The first-order valence-electron chi connectivity index (χ1n) is 8.11. The number of hydrogen-bond donors (Lipinski definition) is 1. The second kappa shape index (κ2) is 7.57. The lowest BCUT2D eigenvalue weighted by atomic mass is 10.0. The van der Waals surface area contributed by atoms with Gasteiger partial charge in [0.25, 0.3) is 0 Å². The quantitative estimate of drug-likeness (QED) is 0.774. The summed E-state index contributed by atoms with van der Waals surface area (Å²) in [5.74, 6) is 0.277. The number of carbonyl (C=O) groups excluding carboxylic acids is 2. The van der Waals surface area contributed by atoms with E-state index < -0.39 is 0 Å². The molecule has 2 saturated heterocycles. The molecule has 2 fully saturated rings. The Morgan fingerprint density at radius 3 is 2.70 bits per heavy atom. The monoisotopic (exact) mass is 317 g/mol. The maximum absolute atomic E-state index is 12.3. The highest BCUT2D eigenvalue weighted by molar-refractivity contribution is 5.78. The highest BCUT2D eigenvalue weighted by atomic mass is 16.5. The predicted octanol–water partition coefficient (Wildman–Crippen LogP) is 0.439. The minimum atomic E-state index is -0.0962. The van der Waals surface area contributed by atoms with E-state index in [2.05, 4.69) is 10.2 Å². The van der Waals surface area contributed by atoms with Crippen LogP contribution in [0, 0.1) is 5.92 Å². The van der Waals surface area contributed by atoms with E-state index in [1.807, 2.05) is 35.2 Å². The van der Waals surface area contributed by atoms with Crippen molar-refractivity contribution >= 4 is 12.3 Å². The lowest BCUT2D eigenvalue weighted by Gasteiger charge is -2.37. The van der Waals surface area contributed by atoms with Gasteiger partial charge in [-0.15, -0.1) is 0 Å². The molecular weight excluding hydrogens is 294 g/mol. The molecule has 0 spiro atoms. The summed E-state index contributed by atoms with van der Waals surface area (Å²) < 4.78 is 5.38. The van der Waals surface area contributed by atoms with Crippen LogP contribution in [0.25, 0.3) is 0 Å². The van der Waals surface area contributed by atoms with E-state index >= 15 is 0 Å². The summed E-state index contributed by atoms with van der Waals surface area (Å²) in [6.45, 7) is 4.23. The molecule has 2 heterocycles. The summed E-state index contributed by atoms with van der Waals surface area (Å²) in [5.41, 5.74) is 1.13. The molecule has 0 radical (unpaired) electrons. The van der Waals surface area contributed by atoms with Crippen molar-refractivity contribution in [3.05, 3.63) is 35.9 Å². The van der Waals surface area contributed by atoms with Gasteiger partial charge in [0.05, 0.1) is 19.4 Å². The molecule has 0 aromatic heterocycles. The average Bonchev–Trinajstić information content (AvgIpc) is 2.95. The Morgan fingerprint density at radius 2 is 2.00 bits per heavy atom. The van der Waals surface area contributed by atoms with E-state index in [-0.39, 0.29) is 18.0 Å². The first kappa shape index (κ1) is 16.0. The van der Waals surface area contributed by atoms with Crippen LogP contribution in [0.4, 0.5) is 0 Å². The van der Waals surface area contributed by atoms with Crippen LogP contribution in [-0.4, -0.2) is 61.1 Å². The molecule has 124 valence electrons. The van der Waals surface area contributed by atoms with Crippen molar-refractivity contribution in [1.82, 2.24) is 15.1 Å². The largest absolute Gasteiger partial charge is 0.379 e. The summed E-state index contributed by atoms with van der Waals surface area (Å²) in [6.07, 6.45) is 1.13. The number of rotatable bonds is 6. The lowest BCUT2D eigenvalue weighted by molar-refractivity contribution is -0.128. The maximum Gasteiger partial charge on any atom is 0.223 e. The molecule has 1 aromatic rings. The zero-order chi connectivity index (χ0) is 16.1. The molecule has 2 atom stereocenters. The fourth-order valence-corrected chi connectivity index (χ4v) is 3.44. The number of ether oxygens (including phenoxy) is 1. The van der Waals surface area contributed by atoms with E-state index in [1.54, 1.807) is 0 Å². The lowest BCUT2D eigenvalue weighted by Crippen LogP contribution is -2.54. The fourth-order valence-electron chi connectivity index (χ4n) is 3.44. The second-order valence-corrected chi connectivity index (χ2v) is 6.10. The number of carbonyl (C=O) groups is 2. The van der Waals surface area contributed by atoms with Crippen molar-refractivity contribution < 1.29 is 14.3 Å². The molecule has 0 bridgehead atoms. The maximum atomic E-state index is 12.3. The van der Waals surface area contributed by atoms with Crippen LogP contribution < -0.4 is 5.32 Å². The Hall–Kier alpha value is -1.92. The summed E-state index contributed by atoms with van der Waals surface area (Å²) in [7, 11) is 0. The van der Waals surface area contributed by atoms with E-state index in [9.17, 15) is 9.59 Å². The van der Waals surface area contributed by atoms with Gasteiger partial charge in [-0.3, -0.25) is 14.5 Å². The van der Waals surface area contributed by atoms with Crippen molar-refractivity contribution in [3.63, 3.8) is 0 Å². The standard InChI is InChI=1S/C17H23N3O3/c21-13-18-17(19-6-8-23-9-7-19)15-10-16(22)20(12-15)11-14-4-2-1-3-5-14/h1-5,13,15,17H,6-12H2,(H,18,21). The van der Waals surface area contributed by atoms with E-state index in [1.165, 1.54) is 0 Å². The van der Waals surface area contributed by atoms with Crippen LogP contribution in [0.5, 0.6) is 0 Å². The van der Waals surface area contributed by atoms with E-state index in [0.717, 1.165) is 25.1 Å². The van der Waals surface area contributed by atoms with Crippen LogP contribution in [0.1, 0.15) is 12.0 Å². The normalized spacial score (nSPS) is 23.7. The zero-order valence-electron chi connectivity index (χ0n) is 13.2. The van der Waals surface area contributed by atoms with Crippen LogP contribution >= 0.6 is 0 Å². The molecule has 6 heteroatoms. The molecule has 0 saturated carbocycles. The number of amides is 2. The number of likely N-dealkylation sites (tertiary alicyclic amines) is 1. The van der Waals surface area contributed by atoms with Crippen LogP contribution in [-0.2, 0) is 20.9 Å². The molecule has 2 aliphatic heterocycles. The van der Waals surface area contributed by atoms with Gasteiger partial charge in [0.15, 0.2) is 0 Å².